The van der Waals surface area contributed by atoms with Gasteiger partial charge in [0.2, 0.25) is 0 Å². The van der Waals surface area contributed by atoms with Crippen molar-refractivity contribution in [2.24, 2.45) is 17.3 Å². The van der Waals surface area contributed by atoms with Crippen LogP contribution in [0.2, 0.25) is 0 Å². The number of para-hydroxylation sites is 1. The molecule has 4 aliphatic heterocycles. The predicted molar refractivity (Wildman–Crippen MR) is 121 cm³/mol. The summed E-state index contributed by atoms with van der Waals surface area (Å²) in [5.41, 5.74) is -0.703. The van der Waals surface area contributed by atoms with E-state index in [0.717, 1.165) is 29.7 Å². The number of carbonyl (C=O) groups excluding carboxylic acids is 1. The van der Waals surface area contributed by atoms with Crippen LogP contribution in [0, 0.1) is 17.3 Å². The Morgan fingerprint density at radius 1 is 1.12 bits per heavy atom. The molecular weight excluding hydrogens is 434 g/mol. The van der Waals surface area contributed by atoms with Crippen molar-refractivity contribution in [1.29, 1.82) is 0 Å². The molecule has 2 N–H and O–H groups in total. The normalized spacial score (nSPS) is 53.0. The van der Waals surface area contributed by atoms with Crippen LogP contribution >= 0.6 is 0 Å². The summed E-state index contributed by atoms with van der Waals surface area (Å²) in [5, 5.41) is 16.3. The number of epoxide rings is 3. The van der Waals surface area contributed by atoms with E-state index in [-0.39, 0.29) is 41.5 Å². The molecule has 7 heteroatoms. The Balaban J connectivity index is 1.26. The predicted octanol–water partition coefficient (Wildman–Crippen LogP) is 2.59. The van der Waals surface area contributed by atoms with Crippen molar-refractivity contribution >= 4 is 11.7 Å². The molecule has 7 aliphatic rings. The van der Waals surface area contributed by atoms with E-state index in [4.69, 9.17) is 18.9 Å². The maximum absolute atomic E-state index is 12.8. The zero-order chi connectivity index (χ0) is 23.3. The van der Waals surface area contributed by atoms with Gasteiger partial charge in [0.25, 0.3) is 0 Å². The molecule has 7 nitrogen and oxygen atoms in total. The van der Waals surface area contributed by atoms with Gasteiger partial charge in [0, 0.05) is 23.2 Å². The van der Waals surface area contributed by atoms with Crippen molar-refractivity contribution in [1.82, 2.24) is 0 Å². The van der Waals surface area contributed by atoms with E-state index in [1.54, 1.807) is 0 Å². The number of fused-ring (bicyclic) bond motifs is 4. The molecule has 9 atom stereocenters. The number of nitrogens with one attached hydrogen (secondary N) is 1. The van der Waals surface area contributed by atoms with Crippen LogP contribution in [0.5, 0.6) is 0 Å². The fourth-order valence-electron chi connectivity index (χ4n) is 9.14. The van der Waals surface area contributed by atoms with Crippen LogP contribution in [-0.4, -0.2) is 64.9 Å². The maximum Gasteiger partial charge on any atom is 0.334 e. The lowest BCUT2D eigenvalue weighted by atomic mass is 9.44. The molecule has 2 spiro atoms. The topological polar surface area (TPSA) is 96.2 Å². The SMILES string of the molecule is CC(C)[C@]12O[C@H]1[C@@H]1O[C@]13[C@]1(O[C@H]1C[C@H]1C4=C(CC[C@@]13C)C(=O)OC4)[C@]2(O)CNc1ccccc1. The summed E-state index contributed by atoms with van der Waals surface area (Å²) in [5.74, 6) is 0.103. The zero-order valence-electron chi connectivity index (χ0n) is 19.8. The number of carbonyl (C=O) groups is 1. The second-order valence-corrected chi connectivity index (χ2v) is 12.0. The average molecular weight is 466 g/mol. The van der Waals surface area contributed by atoms with Gasteiger partial charge in [-0.15, -0.1) is 0 Å². The molecule has 0 amide bonds. The van der Waals surface area contributed by atoms with E-state index >= 15 is 0 Å². The highest BCUT2D eigenvalue weighted by atomic mass is 16.7. The number of hydrogen-bond donors (Lipinski definition) is 2. The number of benzene rings is 1. The number of aliphatic hydroxyl groups is 1. The lowest BCUT2D eigenvalue weighted by molar-refractivity contribution is -0.159. The number of esters is 1. The van der Waals surface area contributed by atoms with Crippen molar-refractivity contribution in [2.75, 3.05) is 18.5 Å². The van der Waals surface area contributed by atoms with Crippen LogP contribution in [0.1, 0.15) is 40.0 Å². The van der Waals surface area contributed by atoms with E-state index in [0.29, 0.717) is 19.6 Å². The van der Waals surface area contributed by atoms with Gasteiger partial charge in [-0.05, 0) is 48.8 Å². The molecule has 180 valence electrons. The number of cyclic esters (lactones) is 1. The van der Waals surface area contributed by atoms with Gasteiger partial charge in [-0.2, -0.15) is 0 Å². The smallest absolute Gasteiger partial charge is 0.334 e. The van der Waals surface area contributed by atoms with Gasteiger partial charge < -0.3 is 29.4 Å². The van der Waals surface area contributed by atoms with E-state index in [9.17, 15) is 9.90 Å². The van der Waals surface area contributed by atoms with Crippen LogP contribution in [0.3, 0.4) is 0 Å². The summed E-state index contributed by atoms with van der Waals surface area (Å²) in [4.78, 5) is 12.3. The number of rotatable bonds is 4. The molecule has 5 fully saturated rings. The standard InChI is InChI=1S/C27H31NO6/c1-14(2)25-20(33-25)21-27(34-21)23(3)10-9-16-17(12-31-22(16)29)18(23)11-19-26(27,32-19)24(25,30)13-28-15-7-5-4-6-8-15/h4-8,14,18-21,28,30H,9-13H2,1-3H3/t18-,19-,20-,21-,23-,24-,25-,26+,27+/m0/s1. The van der Waals surface area contributed by atoms with Gasteiger partial charge in [0.05, 0.1) is 6.10 Å². The van der Waals surface area contributed by atoms with Gasteiger partial charge in [-0.25, -0.2) is 4.79 Å². The lowest BCUT2D eigenvalue weighted by Gasteiger charge is -2.56. The summed E-state index contributed by atoms with van der Waals surface area (Å²) in [7, 11) is 0. The molecule has 1 aromatic carbocycles. The van der Waals surface area contributed by atoms with Crippen LogP contribution < -0.4 is 5.32 Å². The highest BCUT2D eigenvalue weighted by Gasteiger charge is 3.04. The highest BCUT2D eigenvalue weighted by molar-refractivity contribution is 5.92. The van der Waals surface area contributed by atoms with Crippen molar-refractivity contribution in [3.05, 3.63) is 41.5 Å². The first kappa shape index (κ1) is 20.3. The van der Waals surface area contributed by atoms with Crippen LogP contribution in [0.15, 0.2) is 41.5 Å². The Labute approximate surface area is 198 Å². The number of hydrogen-bond acceptors (Lipinski definition) is 7. The molecule has 0 radical (unpaired) electrons. The van der Waals surface area contributed by atoms with Crippen molar-refractivity contribution in [2.45, 2.75) is 80.7 Å². The number of anilines is 1. The van der Waals surface area contributed by atoms with Crippen LogP contribution in [0.25, 0.3) is 0 Å². The molecular formula is C27H31NO6. The summed E-state index contributed by atoms with van der Waals surface area (Å²) in [6.45, 7) is 7.26. The summed E-state index contributed by atoms with van der Waals surface area (Å²) in [6, 6.07) is 9.99. The summed E-state index contributed by atoms with van der Waals surface area (Å²) in [6.07, 6.45) is 1.91. The third-order valence-corrected chi connectivity index (χ3v) is 10.7. The van der Waals surface area contributed by atoms with E-state index in [1.165, 1.54) is 0 Å². The molecule has 4 heterocycles. The zero-order valence-corrected chi connectivity index (χ0v) is 19.8. The molecule has 8 rings (SSSR count). The maximum atomic E-state index is 12.8. The molecule has 0 bridgehead atoms. The average Bonchev–Trinajstić information content (AvgIpc) is 3.72. The molecule has 1 aromatic rings. The quantitative estimate of drug-likeness (QED) is 0.521. The summed E-state index contributed by atoms with van der Waals surface area (Å²) >= 11 is 0. The first-order chi connectivity index (χ1) is 16.3. The van der Waals surface area contributed by atoms with Gasteiger partial charge in [0.15, 0.2) is 5.60 Å². The highest BCUT2D eigenvalue weighted by Crippen LogP contribution is 2.85. The Morgan fingerprint density at radius 3 is 2.68 bits per heavy atom. The first-order valence-corrected chi connectivity index (χ1v) is 12.7. The van der Waals surface area contributed by atoms with E-state index in [1.807, 2.05) is 30.3 Å². The molecule has 0 unspecified atom stereocenters. The second kappa shape index (κ2) is 5.72. The fraction of sp³-hybridized carbons (Fsp3) is 0.667. The molecule has 34 heavy (non-hydrogen) atoms. The van der Waals surface area contributed by atoms with E-state index in [2.05, 4.69) is 26.1 Å². The minimum absolute atomic E-state index is 0.0927. The van der Waals surface area contributed by atoms with Crippen molar-refractivity contribution in [3.63, 3.8) is 0 Å². The Bertz CT molecular complexity index is 1170. The third kappa shape index (κ3) is 1.82. The van der Waals surface area contributed by atoms with Crippen molar-refractivity contribution in [3.8, 4) is 0 Å². The first-order valence-electron chi connectivity index (χ1n) is 12.7. The Morgan fingerprint density at radius 2 is 1.91 bits per heavy atom. The summed E-state index contributed by atoms with van der Waals surface area (Å²) < 4.78 is 25.4. The van der Waals surface area contributed by atoms with Gasteiger partial charge in [-0.3, -0.25) is 0 Å². The van der Waals surface area contributed by atoms with E-state index < -0.39 is 22.4 Å². The molecule has 3 saturated heterocycles. The molecule has 3 aliphatic carbocycles. The fourth-order valence-corrected chi connectivity index (χ4v) is 9.14. The number of ether oxygens (including phenoxy) is 4. The van der Waals surface area contributed by atoms with Crippen LogP contribution in [0.4, 0.5) is 5.69 Å². The Kier molecular flexibility index (Phi) is 3.41. The second-order valence-electron chi connectivity index (χ2n) is 12.0. The monoisotopic (exact) mass is 465 g/mol. The minimum atomic E-state index is -1.25. The van der Waals surface area contributed by atoms with Gasteiger partial charge in [-0.1, -0.05) is 39.0 Å². The third-order valence-electron chi connectivity index (χ3n) is 10.7. The Hall–Kier alpha value is -1.93. The van der Waals surface area contributed by atoms with Crippen LogP contribution in [-0.2, 0) is 23.7 Å². The molecule has 0 aromatic heterocycles. The lowest BCUT2D eigenvalue weighted by Crippen LogP contribution is -2.77. The molecule has 2 saturated carbocycles. The largest absolute Gasteiger partial charge is 0.458 e. The van der Waals surface area contributed by atoms with Crippen molar-refractivity contribution < 1.29 is 28.8 Å². The minimum Gasteiger partial charge on any atom is -0.458 e. The van der Waals surface area contributed by atoms with Gasteiger partial charge >= 0.3 is 5.97 Å². The van der Waals surface area contributed by atoms with Gasteiger partial charge in [0.1, 0.15) is 35.6 Å².